The lowest BCUT2D eigenvalue weighted by Gasteiger charge is -2.34. The second kappa shape index (κ2) is 12.4. The molecule has 0 aliphatic carbocycles. The molecule has 0 amide bonds. The average Bonchev–Trinajstić information content (AvgIpc) is 3.82. The average molecular weight is 753 g/mol. The zero-order chi connectivity index (χ0) is 38.6. The fraction of sp³-hybridized carbons (Fsp3) is 0. The smallest absolute Gasteiger partial charge is 0.434 e. The summed E-state index contributed by atoms with van der Waals surface area (Å²) >= 11 is 0. The highest BCUT2D eigenvalue weighted by Crippen LogP contribution is 2.44. The summed E-state index contributed by atoms with van der Waals surface area (Å²) in [6.07, 6.45) is 0. The van der Waals surface area contributed by atoms with E-state index in [9.17, 15) is 0 Å². The molecule has 0 fully saturated rings. The van der Waals surface area contributed by atoms with Crippen molar-refractivity contribution in [1.82, 2.24) is 9.13 Å². The van der Waals surface area contributed by atoms with Crippen molar-refractivity contribution in [2.45, 2.75) is 0 Å². The molecule has 274 valence electrons. The Labute approximate surface area is 340 Å². The van der Waals surface area contributed by atoms with Crippen LogP contribution in [-0.4, -0.2) is 16.0 Å². The summed E-state index contributed by atoms with van der Waals surface area (Å²) in [5, 5.41) is 4.92. The van der Waals surface area contributed by atoms with Gasteiger partial charge in [0.25, 0.3) is 0 Å². The van der Waals surface area contributed by atoms with Gasteiger partial charge in [0.15, 0.2) is 0 Å². The third kappa shape index (κ3) is 4.79. The van der Waals surface area contributed by atoms with E-state index in [1.807, 2.05) is 0 Å². The van der Waals surface area contributed by atoms with Gasteiger partial charge in [-0.25, -0.2) is 0 Å². The van der Waals surface area contributed by atoms with Crippen molar-refractivity contribution in [3.63, 3.8) is 0 Å². The molecular weight excluding hydrogens is 719 g/mol. The molecule has 0 saturated heterocycles. The predicted molar refractivity (Wildman–Crippen MR) is 244 cm³/mol. The first kappa shape index (κ1) is 32.3. The number of ether oxygens (including phenoxy) is 1. The Balaban J connectivity index is 1.02. The summed E-state index contributed by atoms with van der Waals surface area (Å²) in [4.78, 5) is 0. The quantitative estimate of drug-likeness (QED) is 0.168. The summed E-state index contributed by atoms with van der Waals surface area (Å²) in [6, 6.07) is 71.7. The maximum Gasteiger partial charge on any atom is 0.434 e. The molecule has 4 nitrogen and oxygen atoms in total. The van der Waals surface area contributed by atoms with Crippen LogP contribution in [0.4, 0.5) is 0 Å². The Morgan fingerprint density at radius 3 is 1.46 bits per heavy atom. The Bertz CT molecular complexity index is 3420. The van der Waals surface area contributed by atoms with Crippen LogP contribution in [0.1, 0.15) is 0 Å². The summed E-state index contributed by atoms with van der Waals surface area (Å²) in [6.45, 7) is -0.360. The number of benzene rings is 9. The second-order valence-electron chi connectivity index (χ2n) is 15.6. The van der Waals surface area contributed by atoms with Crippen LogP contribution in [0, 0.1) is 0 Å². The molecule has 2 aliphatic rings. The lowest BCUT2D eigenvalue weighted by Crippen LogP contribution is -2.53. The molecular formula is C54H33BN2O2. The molecule has 0 spiro atoms. The van der Waals surface area contributed by atoms with Crippen LogP contribution in [0.5, 0.6) is 17.2 Å². The van der Waals surface area contributed by atoms with Crippen LogP contribution in [0.25, 0.3) is 88.4 Å². The van der Waals surface area contributed by atoms with Gasteiger partial charge >= 0.3 is 6.92 Å². The molecule has 11 aromatic rings. The molecule has 0 N–H and O–H groups in total. The normalized spacial score (nSPS) is 12.6. The number of para-hydroxylation sites is 4. The van der Waals surface area contributed by atoms with Crippen molar-refractivity contribution in [2.75, 3.05) is 0 Å². The third-order valence-corrected chi connectivity index (χ3v) is 12.4. The van der Waals surface area contributed by atoms with E-state index in [0.717, 1.165) is 72.8 Å². The van der Waals surface area contributed by atoms with Gasteiger partial charge in [0.1, 0.15) is 17.2 Å². The summed E-state index contributed by atoms with van der Waals surface area (Å²) in [5.74, 6) is 2.46. The molecule has 0 atom stereocenters. The van der Waals surface area contributed by atoms with E-state index in [-0.39, 0.29) is 6.92 Å². The molecule has 59 heavy (non-hydrogen) atoms. The van der Waals surface area contributed by atoms with Crippen LogP contribution < -0.4 is 20.3 Å². The number of hydrogen-bond acceptors (Lipinski definition) is 2. The molecule has 9 aromatic carbocycles. The summed E-state index contributed by atoms with van der Waals surface area (Å²) < 4.78 is 19.0. The fourth-order valence-electron chi connectivity index (χ4n) is 9.74. The van der Waals surface area contributed by atoms with Crippen molar-refractivity contribution in [2.24, 2.45) is 0 Å². The Kier molecular flexibility index (Phi) is 6.78. The highest BCUT2D eigenvalue weighted by Gasteiger charge is 2.41. The monoisotopic (exact) mass is 752 g/mol. The van der Waals surface area contributed by atoms with Crippen LogP contribution in [0.2, 0.25) is 0 Å². The first-order valence-electron chi connectivity index (χ1n) is 20.2. The standard InChI is InChI=1S/C54H33BN2O2/c1-2-13-34(14-3-1)35-15-12-16-36(29-35)37-30-45-44-27-25-38(56-47-21-8-4-17-40(47)41-18-5-9-22-48(41)56)32-51(44)59-55-46-28-26-39(33-52(46)58-53(31-37)54(45)55)57-49-23-10-6-19-42(49)43-20-7-11-24-50(43)57/h1-33H. The van der Waals surface area contributed by atoms with Gasteiger partial charge in [-0.1, -0.05) is 127 Å². The maximum atomic E-state index is 7.22. The van der Waals surface area contributed by atoms with Crippen molar-refractivity contribution in [1.29, 1.82) is 0 Å². The summed E-state index contributed by atoms with van der Waals surface area (Å²) in [5.41, 5.74) is 15.6. The lowest BCUT2D eigenvalue weighted by atomic mass is 9.50. The van der Waals surface area contributed by atoms with Gasteiger partial charge in [-0.3, -0.25) is 0 Å². The van der Waals surface area contributed by atoms with Gasteiger partial charge in [0.2, 0.25) is 0 Å². The molecule has 0 bridgehead atoms. The third-order valence-electron chi connectivity index (χ3n) is 12.4. The minimum Gasteiger partial charge on any atom is -0.551 e. The molecule has 4 heterocycles. The summed E-state index contributed by atoms with van der Waals surface area (Å²) in [7, 11) is 0. The highest BCUT2D eigenvalue weighted by atomic mass is 16.5. The van der Waals surface area contributed by atoms with Crippen LogP contribution >= 0.6 is 0 Å². The predicted octanol–water partition coefficient (Wildman–Crippen LogP) is 12.5. The second-order valence-corrected chi connectivity index (χ2v) is 15.6. The van der Waals surface area contributed by atoms with Crippen LogP contribution in [0.15, 0.2) is 200 Å². The molecule has 0 unspecified atom stereocenters. The SMILES string of the molecule is c1ccc(-c2cccc(-c3cc4c5c(c3)-c3ccc(-n6c7ccccc7c7ccccc76)cc3OB5c3ccc(-n5c6ccccc6c6ccccc65)cc3O4)c2)cc1. The first-order valence-corrected chi connectivity index (χ1v) is 20.2. The van der Waals surface area contributed by atoms with E-state index < -0.39 is 0 Å². The van der Waals surface area contributed by atoms with Crippen molar-refractivity contribution >= 4 is 61.5 Å². The molecule has 0 radical (unpaired) electrons. The van der Waals surface area contributed by atoms with E-state index in [4.69, 9.17) is 9.39 Å². The van der Waals surface area contributed by atoms with E-state index in [1.165, 1.54) is 43.7 Å². The minimum absolute atomic E-state index is 0.360. The van der Waals surface area contributed by atoms with Crippen molar-refractivity contribution in [3.05, 3.63) is 200 Å². The van der Waals surface area contributed by atoms with E-state index in [0.29, 0.717) is 0 Å². The van der Waals surface area contributed by atoms with Crippen molar-refractivity contribution in [3.8, 4) is 62.0 Å². The van der Waals surface area contributed by atoms with Crippen LogP contribution in [-0.2, 0) is 0 Å². The largest absolute Gasteiger partial charge is 0.551 e. The number of rotatable bonds is 4. The van der Waals surface area contributed by atoms with Gasteiger partial charge in [0, 0.05) is 61.5 Å². The molecule has 2 aliphatic heterocycles. The Hall–Kier alpha value is -7.76. The zero-order valence-corrected chi connectivity index (χ0v) is 31.8. The first-order chi connectivity index (χ1) is 29.2. The number of fused-ring (bicyclic) bond motifs is 10. The number of nitrogens with zero attached hydrogens (tertiary/aromatic N) is 2. The Morgan fingerprint density at radius 2 is 0.847 bits per heavy atom. The topological polar surface area (TPSA) is 28.3 Å². The fourth-order valence-corrected chi connectivity index (χ4v) is 9.74. The minimum atomic E-state index is -0.360. The highest BCUT2D eigenvalue weighted by molar-refractivity contribution is 6.84. The van der Waals surface area contributed by atoms with E-state index in [1.54, 1.807) is 0 Å². The Morgan fingerprint density at radius 1 is 0.339 bits per heavy atom. The zero-order valence-electron chi connectivity index (χ0n) is 31.8. The van der Waals surface area contributed by atoms with Gasteiger partial charge in [-0.05, 0) is 88.5 Å². The van der Waals surface area contributed by atoms with E-state index >= 15 is 0 Å². The molecule has 5 heteroatoms. The van der Waals surface area contributed by atoms with Gasteiger partial charge < -0.3 is 18.5 Å². The molecule has 2 aromatic heterocycles. The number of hydrogen-bond donors (Lipinski definition) is 0. The van der Waals surface area contributed by atoms with Crippen LogP contribution in [0.3, 0.4) is 0 Å². The van der Waals surface area contributed by atoms with Crippen molar-refractivity contribution < 1.29 is 9.39 Å². The molecule has 13 rings (SSSR count). The maximum absolute atomic E-state index is 7.22. The van der Waals surface area contributed by atoms with Gasteiger partial charge in [0.05, 0.1) is 22.1 Å². The lowest BCUT2D eigenvalue weighted by molar-refractivity contribution is 0.479. The van der Waals surface area contributed by atoms with Gasteiger partial charge in [-0.15, -0.1) is 0 Å². The van der Waals surface area contributed by atoms with E-state index in [2.05, 4.69) is 209 Å². The molecule has 0 saturated carbocycles. The van der Waals surface area contributed by atoms with Gasteiger partial charge in [-0.2, -0.15) is 0 Å². The number of aromatic nitrogens is 2.